The van der Waals surface area contributed by atoms with Crippen molar-refractivity contribution in [2.24, 2.45) is 5.73 Å². The van der Waals surface area contributed by atoms with Gasteiger partial charge in [0.2, 0.25) is 0 Å². The highest BCUT2D eigenvalue weighted by Crippen LogP contribution is 2.34. The number of methoxy groups -OCH3 is 2. The number of amides is 2. The number of hydrogen-bond donors (Lipinski definition) is 1. The molecule has 0 saturated carbocycles. The Morgan fingerprint density at radius 1 is 1.16 bits per heavy atom. The zero-order valence-corrected chi connectivity index (χ0v) is 18.5. The Hall–Kier alpha value is -3.27. The molecule has 0 saturated heterocycles. The van der Waals surface area contributed by atoms with E-state index in [1.165, 1.54) is 19.1 Å². The van der Waals surface area contributed by atoms with Crippen molar-refractivity contribution in [1.82, 2.24) is 0 Å². The Morgan fingerprint density at radius 3 is 2.52 bits per heavy atom. The van der Waals surface area contributed by atoms with E-state index in [1.54, 1.807) is 36.4 Å². The molecule has 2 amide bonds. The zero-order valence-electron chi connectivity index (χ0n) is 16.9. The van der Waals surface area contributed by atoms with Crippen LogP contribution in [0.15, 0.2) is 40.9 Å². The van der Waals surface area contributed by atoms with Crippen LogP contribution in [0, 0.1) is 0 Å². The maximum Gasteiger partial charge on any atom is 0.310 e. The number of benzene rings is 2. The van der Waals surface area contributed by atoms with Gasteiger partial charge in [-0.3, -0.25) is 14.4 Å². The van der Waals surface area contributed by atoms with Crippen LogP contribution in [0.1, 0.15) is 5.56 Å². The van der Waals surface area contributed by atoms with Crippen molar-refractivity contribution in [2.75, 3.05) is 32.3 Å². The first-order valence-electron chi connectivity index (χ1n) is 9.25. The molecule has 1 aliphatic rings. The van der Waals surface area contributed by atoms with E-state index in [0.717, 1.165) is 0 Å². The lowest BCUT2D eigenvalue weighted by atomic mass is 10.1. The molecule has 1 unspecified atom stereocenters. The third-order valence-electron chi connectivity index (χ3n) is 4.64. The Bertz CT molecular complexity index is 1010. The van der Waals surface area contributed by atoms with Crippen molar-refractivity contribution >= 4 is 39.4 Å². The summed E-state index contributed by atoms with van der Waals surface area (Å²) in [6.45, 7) is -0.562. The molecule has 1 aliphatic heterocycles. The predicted octanol–water partition coefficient (Wildman–Crippen LogP) is 1.83. The van der Waals surface area contributed by atoms with Crippen LogP contribution >= 0.6 is 15.9 Å². The average molecular weight is 493 g/mol. The van der Waals surface area contributed by atoms with Gasteiger partial charge in [0.05, 0.1) is 32.9 Å². The van der Waals surface area contributed by atoms with Crippen LogP contribution in [0.3, 0.4) is 0 Å². The number of halogens is 1. The molecule has 2 aromatic carbocycles. The number of ether oxygens (including phenoxy) is 4. The molecule has 10 heteroatoms. The molecule has 0 bridgehead atoms. The predicted molar refractivity (Wildman–Crippen MR) is 114 cm³/mol. The van der Waals surface area contributed by atoms with Crippen LogP contribution in [-0.4, -0.2) is 51.3 Å². The lowest BCUT2D eigenvalue weighted by molar-refractivity contribution is -0.147. The van der Waals surface area contributed by atoms with Gasteiger partial charge < -0.3 is 29.6 Å². The Labute approximate surface area is 187 Å². The zero-order chi connectivity index (χ0) is 22.5. The summed E-state index contributed by atoms with van der Waals surface area (Å²) in [5, 5.41) is 0. The highest BCUT2D eigenvalue weighted by molar-refractivity contribution is 9.10. The quantitative estimate of drug-likeness (QED) is 0.585. The van der Waals surface area contributed by atoms with E-state index in [9.17, 15) is 14.4 Å². The molecule has 164 valence electrons. The van der Waals surface area contributed by atoms with Gasteiger partial charge in [0.15, 0.2) is 24.2 Å². The van der Waals surface area contributed by atoms with E-state index in [4.69, 9.17) is 24.7 Å². The Balaban J connectivity index is 1.67. The molecule has 3 rings (SSSR count). The van der Waals surface area contributed by atoms with Crippen molar-refractivity contribution in [3.8, 4) is 17.2 Å². The molecular weight excluding hydrogens is 472 g/mol. The molecule has 0 radical (unpaired) electrons. The molecule has 0 fully saturated rings. The summed E-state index contributed by atoms with van der Waals surface area (Å²) in [7, 11) is 3.00. The first-order valence-corrected chi connectivity index (χ1v) is 10.0. The van der Waals surface area contributed by atoms with Crippen LogP contribution in [0.5, 0.6) is 17.2 Å². The van der Waals surface area contributed by atoms with Crippen LogP contribution in [0.4, 0.5) is 5.69 Å². The number of fused-ring (bicyclic) bond motifs is 1. The standard InChI is InChI=1S/C21H21BrN2O7/c1-28-16-7-12(13(22)9-17(16)29-2)8-20(26)30-11-19(25)24-10-18(21(23)27)31-15-6-4-3-5-14(15)24/h3-7,9,18H,8,10-11H2,1-2H3,(H2,23,27). The largest absolute Gasteiger partial charge is 0.493 e. The minimum Gasteiger partial charge on any atom is -0.493 e. The summed E-state index contributed by atoms with van der Waals surface area (Å²) in [6, 6.07) is 10.1. The Morgan fingerprint density at radius 2 is 1.84 bits per heavy atom. The normalized spacial score (nSPS) is 14.8. The highest BCUT2D eigenvalue weighted by Gasteiger charge is 2.33. The third-order valence-corrected chi connectivity index (χ3v) is 5.37. The SMILES string of the molecule is COc1cc(Br)c(CC(=O)OCC(=O)N2CC(C(N)=O)Oc3ccccc32)cc1OC. The first kappa shape index (κ1) is 22.4. The van der Waals surface area contributed by atoms with Gasteiger partial charge >= 0.3 is 5.97 Å². The van der Waals surface area contributed by atoms with Gasteiger partial charge in [-0.1, -0.05) is 28.1 Å². The number of hydrogen-bond acceptors (Lipinski definition) is 7. The summed E-state index contributed by atoms with van der Waals surface area (Å²) < 4.78 is 21.8. The topological polar surface area (TPSA) is 117 Å². The molecule has 1 heterocycles. The summed E-state index contributed by atoms with van der Waals surface area (Å²) in [4.78, 5) is 38.0. The number of nitrogens with zero attached hydrogens (tertiary/aromatic N) is 1. The molecule has 31 heavy (non-hydrogen) atoms. The number of para-hydroxylation sites is 2. The van der Waals surface area contributed by atoms with E-state index < -0.39 is 30.5 Å². The minimum atomic E-state index is -0.989. The number of anilines is 1. The molecule has 9 nitrogen and oxygen atoms in total. The van der Waals surface area contributed by atoms with Crippen LogP contribution in [0.2, 0.25) is 0 Å². The smallest absolute Gasteiger partial charge is 0.310 e. The third kappa shape index (κ3) is 5.08. The van der Waals surface area contributed by atoms with Crippen LogP contribution in [0.25, 0.3) is 0 Å². The molecular formula is C21H21BrN2O7. The maximum absolute atomic E-state index is 12.7. The second-order valence-electron chi connectivity index (χ2n) is 6.62. The number of carbonyl (C=O) groups excluding carboxylic acids is 3. The van der Waals surface area contributed by atoms with Gasteiger partial charge in [0.1, 0.15) is 5.75 Å². The summed E-state index contributed by atoms with van der Waals surface area (Å²) in [6.07, 6.45) is -1.07. The molecule has 0 aliphatic carbocycles. The first-order chi connectivity index (χ1) is 14.8. The molecule has 0 spiro atoms. The van der Waals surface area contributed by atoms with Gasteiger partial charge in [0.25, 0.3) is 11.8 Å². The fourth-order valence-corrected chi connectivity index (χ4v) is 3.54. The lowest BCUT2D eigenvalue weighted by Crippen LogP contribution is -2.50. The summed E-state index contributed by atoms with van der Waals surface area (Å²) >= 11 is 3.38. The van der Waals surface area contributed by atoms with Gasteiger partial charge in [-0.2, -0.15) is 0 Å². The number of rotatable bonds is 7. The van der Waals surface area contributed by atoms with Gasteiger partial charge in [-0.05, 0) is 29.8 Å². The maximum atomic E-state index is 12.7. The van der Waals surface area contributed by atoms with Crippen molar-refractivity contribution in [2.45, 2.75) is 12.5 Å². The minimum absolute atomic E-state index is 0.0655. The number of carbonyl (C=O) groups is 3. The molecule has 0 aromatic heterocycles. The van der Waals surface area contributed by atoms with E-state index >= 15 is 0 Å². The second kappa shape index (κ2) is 9.69. The summed E-state index contributed by atoms with van der Waals surface area (Å²) in [5.41, 5.74) is 6.43. The van der Waals surface area contributed by atoms with Gasteiger partial charge in [-0.25, -0.2) is 0 Å². The van der Waals surface area contributed by atoms with Gasteiger partial charge in [-0.15, -0.1) is 0 Å². The highest BCUT2D eigenvalue weighted by atomic mass is 79.9. The summed E-state index contributed by atoms with van der Waals surface area (Å²) in [5.74, 6) is -0.464. The molecule has 1 atom stereocenters. The fraction of sp³-hybridized carbons (Fsp3) is 0.286. The van der Waals surface area contributed by atoms with E-state index in [-0.39, 0.29) is 13.0 Å². The average Bonchev–Trinajstić information content (AvgIpc) is 2.77. The molecule has 2 N–H and O–H groups in total. The van der Waals surface area contributed by atoms with Crippen molar-refractivity contribution in [1.29, 1.82) is 0 Å². The van der Waals surface area contributed by atoms with Crippen molar-refractivity contribution in [3.63, 3.8) is 0 Å². The number of esters is 1. The monoisotopic (exact) mass is 492 g/mol. The van der Waals surface area contributed by atoms with Gasteiger partial charge in [0, 0.05) is 4.47 Å². The Kier molecular flexibility index (Phi) is 7.01. The number of nitrogens with two attached hydrogens (primary N) is 1. The fourth-order valence-electron chi connectivity index (χ4n) is 3.08. The van der Waals surface area contributed by atoms with Crippen molar-refractivity contribution < 1.29 is 33.3 Å². The lowest BCUT2D eigenvalue weighted by Gasteiger charge is -2.33. The van der Waals surface area contributed by atoms with Crippen LogP contribution < -0.4 is 24.8 Å². The number of primary amides is 1. The van der Waals surface area contributed by atoms with E-state index in [2.05, 4.69) is 15.9 Å². The second-order valence-corrected chi connectivity index (χ2v) is 7.47. The van der Waals surface area contributed by atoms with E-state index in [1.807, 2.05) is 0 Å². The molecule has 2 aromatic rings. The van der Waals surface area contributed by atoms with E-state index in [0.29, 0.717) is 33.0 Å². The van der Waals surface area contributed by atoms with Crippen LogP contribution in [-0.2, 0) is 25.5 Å². The van der Waals surface area contributed by atoms with Crippen molar-refractivity contribution in [3.05, 3.63) is 46.4 Å².